The van der Waals surface area contributed by atoms with Crippen molar-refractivity contribution in [2.45, 2.75) is 71.0 Å². The van der Waals surface area contributed by atoms with Crippen molar-refractivity contribution in [3.63, 3.8) is 0 Å². The molecule has 3 rings (SSSR count). The van der Waals surface area contributed by atoms with E-state index >= 15 is 0 Å². The molecule has 0 saturated carbocycles. The summed E-state index contributed by atoms with van der Waals surface area (Å²) in [5, 5.41) is 3.44. The molecule has 9 heteroatoms. The monoisotopic (exact) mass is 583 g/mol. The van der Waals surface area contributed by atoms with Crippen molar-refractivity contribution in [3.05, 3.63) is 94.5 Å². The summed E-state index contributed by atoms with van der Waals surface area (Å²) in [5.41, 5.74) is 2.27. The zero-order valence-electron chi connectivity index (χ0n) is 23.9. The number of nitrogens with one attached hydrogen (secondary N) is 1. The van der Waals surface area contributed by atoms with E-state index < -0.39 is 34.1 Å². The summed E-state index contributed by atoms with van der Waals surface area (Å²) < 4.78 is 29.0. The number of hydrogen-bond donors (Lipinski definition) is 1. The van der Waals surface area contributed by atoms with Crippen molar-refractivity contribution < 1.29 is 18.0 Å². The van der Waals surface area contributed by atoms with E-state index in [0.717, 1.165) is 15.4 Å². The van der Waals surface area contributed by atoms with Crippen molar-refractivity contribution >= 4 is 39.1 Å². The van der Waals surface area contributed by atoms with Gasteiger partial charge in [0.1, 0.15) is 12.6 Å². The number of aryl methyl sites for hydroxylation is 2. The molecular weight excluding hydrogens is 546 g/mol. The Labute approximate surface area is 243 Å². The maximum atomic E-state index is 14.2. The number of halogens is 1. The van der Waals surface area contributed by atoms with Gasteiger partial charge in [-0.2, -0.15) is 0 Å². The van der Waals surface area contributed by atoms with Gasteiger partial charge in [0.15, 0.2) is 0 Å². The molecule has 1 unspecified atom stereocenters. The molecule has 0 heterocycles. The number of benzene rings is 3. The molecule has 0 aliphatic carbocycles. The van der Waals surface area contributed by atoms with E-state index in [0.29, 0.717) is 22.7 Å². The van der Waals surface area contributed by atoms with Crippen LogP contribution in [0.25, 0.3) is 0 Å². The molecule has 1 N–H and O–H groups in total. The zero-order chi connectivity index (χ0) is 29.7. The highest BCUT2D eigenvalue weighted by Crippen LogP contribution is 2.29. The number of nitrogens with zero attached hydrogens (tertiary/aromatic N) is 2. The van der Waals surface area contributed by atoms with Gasteiger partial charge < -0.3 is 10.2 Å². The molecule has 0 aromatic heterocycles. The first kappa shape index (κ1) is 31.2. The van der Waals surface area contributed by atoms with Crippen LogP contribution in [0.5, 0.6) is 0 Å². The van der Waals surface area contributed by atoms with Crippen LogP contribution in [-0.4, -0.2) is 43.3 Å². The van der Waals surface area contributed by atoms with Crippen LogP contribution in [-0.2, 0) is 26.2 Å². The van der Waals surface area contributed by atoms with Gasteiger partial charge in [-0.15, -0.1) is 0 Å². The molecule has 0 saturated heterocycles. The fourth-order valence-electron chi connectivity index (χ4n) is 4.48. The van der Waals surface area contributed by atoms with E-state index in [-0.39, 0.29) is 17.3 Å². The highest BCUT2D eigenvalue weighted by molar-refractivity contribution is 7.92. The summed E-state index contributed by atoms with van der Waals surface area (Å²) in [6.45, 7) is 10.8. The standard InChI is InChI=1S/C31H38ClN3O4S/c1-7-27(30(37)33-31(4,5)6)34(20-24-14-12-11-13-22(24)2)29(36)21-35(28-18-17-25(32)19-23(28)3)40(38,39)26-15-9-8-10-16-26/h8-19,27H,7,20-21H2,1-6H3,(H,33,37). The first-order valence-corrected chi connectivity index (χ1v) is 15.1. The fourth-order valence-corrected chi connectivity index (χ4v) is 6.20. The van der Waals surface area contributed by atoms with E-state index in [9.17, 15) is 18.0 Å². The van der Waals surface area contributed by atoms with E-state index in [1.165, 1.54) is 17.0 Å². The predicted octanol–water partition coefficient (Wildman–Crippen LogP) is 5.87. The number of rotatable bonds is 10. The van der Waals surface area contributed by atoms with Crippen molar-refractivity contribution in [1.29, 1.82) is 0 Å². The van der Waals surface area contributed by atoms with Gasteiger partial charge in [0.2, 0.25) is 11.8 Å². The van der Waals surface area contributed by atoms with Crippen molar-refractivity contribution in [2.24, 2.45) is 0 Å². The second-order valence-electron chi connectivity index (χ2n) is 10.9. The second kappa shape index (κ2) is 12.9. The number of hydrogen-bond acceptors (Lipinski definition) is 4. The van der Waals surface area contributed by atoms with Gasteiger partial charge in [0.25, 0.3) is 10.0 Å². The van der Waals surface area contributed by atoms with E-state index in [4.69, 9.17) is 11.6 Å². The SMILES string of the molecule is CCC(C(=O)NC(C)(C)C)N(Cc1ccccc1C)C(=O)CN(c1ccc(Cl)cc1C)S(=O)(=O)c1ccccc1. The first-order valence-electron chi connectivity index (χ1n) is 13.2. The van der Waals surface area contributed by atoms with Gasteiger partial charge in [0.05, 0.1) is 10.6 Å². The Morgan fingerprint density at radius 1 is 0.925 bits per heavy atom. The third kappa shape index (κ3) is 7.64. The molecule has 0 spiro atoms. The summed E-state index contributed by atoms with van der Waals surface area (Å²) in [5.74, 6) is -0.787. The average molecular weight is 584 g/mol. The predicted molar refractivity (Wildman–Crippen MR) is 161 cm³/mol. The number of sulfonamides is 1. The van der Waals surface area contributed by atoms with Crippen molar-refractivity contribution in [3.8, 4) is 0 Å². The van der Waals surface area contributed by atoms with Crippen molar-refractivity contribution in [1.82, 2.24) is 10.2 Å². The van der Waals surface area contributed by atoms with Crippen LogP contribution in [0.15, 0.2) is 77.7 Å². The lowest BCUT2D eigenvalue weighted by molar-refractivity contribution is -0.141. The summed E-state index contributed by atoms with van der Waals surface area (Å²) in [6.07, 6.45) is 0.352. The maximum Gasteiger partial charge on any atom is 0.264 e. The molecule has 2 amide bonds. The number of amides is 2. The molecule has 0 radical (unpaired) electrons. The minimum Gasteiger partial charge on any atom is -0.350 e. The third-order valence-corrected chi connectivity index (χ3v) is 8.53. The number of anilines is 1. The van der Waals surface area contributed by atoms with Crippen LogP contribution >= 0.6 is 11.6 Å². The van der Waals surface area contributed by atoms with Gasteiger partial charge in [-0.25, -0.2) is 8.42 Å². The molecule has 3 aromatic rings. The van der Waals surface area contributed by atoms with Crippen LogP contribution in [0.1, 0.15) is 50.8 Å². The van der Waals surface area contributed by atoms with Gasteiger partial charge in [0, 0.05) is 17.1 Å². The fraction of sp³-hybridized carbons (Fsp3) is 0.355. The Balaban J connectivity index is 2.11. The molecule has 3 aromatic carbocycles. The van der Waals surface area contributed by atoms with E-state index in [1.54, 1.807) is 43.3 Å². The Bertz CT molecular complexity index is 1450. The van der Waals surface area contributed by atoms with Gasteiger partial charge >= 0.3 is 0 Å². The van der Waals surface area contributed by atoms with Crippen LogP contribution in [0, 0.1) is 13.8 Å². The molecule has 214 valence electrons. The number of carbonyl (C=O) groups excluding carboxylic acids is 2. The summed E-state index contributed by atoms with van der Waals surface area (Å²) in [4.78, 5) is 29.2. The second-order valence-corrected chi connectivity index (χ2v) is 13.2. The Kier molecular flexibility index (Phi) is 10.0. The zero-order valence-corrected chi connectivity index (χ0v) is 25.5. The maximum absolute atomic E-state index is 14.2. The lowest BCUT2D eigenvalue weighted by Crippen LogP contribution is -2.55. The topological polar surface area (TPSA) is 86.8 Å². The summed E-state index contributed by atoms with van der Waals surface area (Å²) in [6, 6.07) is 19.7. The lowest BCUT2D eigenvalue weighted by atomic mass is 10.0. The minimum absolute atomic E-state index is 0.0557. The smallest absolute Gasteiger partial charge is 0.264 e. The average Bonchev–Trinajstić information content (AvgIpc) is 2.88. The Hall–Kier alpha value is -3.36. The van der Waals surface area contributed by atoms with Crippen molar-refractivity contribution in [2.75, 3.05) is 10.8 Å². The van der Waals surface area contributed by atoms with E-state index in [2.05, 4.69) is 5.32 Å². The summed E-state index contributed by atoms with van der Waals surface area (Å²) in [7, 11) is -4.14. The van der Waals surface area contributed by atoms with Gasteiger partial charge in [-0.05, 0) is 88.1 Å². The third-order valence-electron chi connectivity index (χ3n) is 6.52. The van der Waals surface area contributed by atoms with Gasteiger partial charge in [-0.1, -0.05) is 61.0 Å². The van der Waals surface area contributed by atoms with Crippen LogP contribution in [0.2, 0.25) is 5.02 Å². The molecule has 0 aliphatic rings. The summed E-state index contributed by atoms with van der Waals surface area (Å²) >= 11 is 6.17. The van der Waals surface area contributed by atoms with E-state index in [1.807, 2.05) is 58.9 Å². The molecule has 7 nitrogen and oxygen atoms in total. The molecule has 0 bridgehead atoms. The molecule has 40 heavy (non-hydrogen) atoms. The normalized spacial score (nSPS) is 12.5. The van der Waals surface area contributed by atoms with Crippen LogP contribution in [0.3, 0.4) is 0 Å². The first-order chi connectivity index (χ1) is 18.7. The molecule has 1 atom stereocenters. The minimum atomic E-state index is -4.14. The lowest BCUT2D eigenvalue weighted by Gasteiger charge is -2.35. The Morgan fingerprint density at radius 3 is 2.12 bits per heavy atom. The number of carbonyl (C=O) groups is 2. The van der Waals surface area contributed by atoms with Crippen LogP contribution in [0.4, 0.5) is 5.69 Å². The largest absolute Gasteiger partial charge is 0.350 e. The Morgan fingerprint density at radius 2 is 1.55 bits per heavy atom. The highest BCUT2D eigenvalue weighted by atomic mass is 35.5. The quantitative estimate of drug-likeness (QED) is 0.323. The molecule has 0 aliphatic heterocycles. The van der Waals surface area contributed by atoms with Gasteiger partial charge in [-0.3, -0.25) is 13.9 Å². The van der Waals surface area contributed by atoms with Crippen LogP contribution < -0.4 is 9.62 Å². The highest BCUT2D eigenvalue weighted by Gasteiger charge is 2.35. The molecular formula is C31H38ClN3O4S. The molecule has 0 fully saturated rings.